The molecule has 1 aliphatic rings. The van der Waals surface area contributed by atoms with E-state index in [9.17, 15) is 5.11 Å². The fourth-order valence-corrected chi connectivity index (χ4v) is 3.13. The van der Waals surface area contributed by atoms with Gasteiger partial charge in [0.1, 0.15) is 5.82 Å². The monoisotopic (exact) mass is 273 g/mol. The Kier molecular flexibility index (Phi) is 4.03. The van der Waals surface area contributed by atoms with E-state index < -0.39 is 0 Å². The molecule has 1 heterocycles. The van der Waals surface area contributed by atoms with E-state index in [4.69, 9.17) is 4.98 Å². The van der Waals surface area contributed by atoms with Crippen molar-refractivity contribution in [2.75, 3.05) is 0 Å². The summed E-state index contributed by atoms with van der Waals surface area (Å²) in [4.78, 5) is 4.73. The quantitative estimate of drug-likeness (QED) is 0.899. The maximum absolute atomic E-state index is 9.55. The molecule has 1 aromatic carbocycles. The van der Waals surface area contributed by atoms with E-state index in [1.165, 1.54) is 5.52 Å². The number of para-hydroxylation sites is 2. The van der Waals surface area contributed by atoms with E-state index in [0.29, 0.717) is 6.04 Å². The van der Waals surface area contributed by atoms with Crippen LogP contribution in [0.2, 0.25) is 0 Å². The van der Waals surface area contributed by atoms with Gasteiger partial charge in [-0.2, -0.15) is 0 Å². The van der Waals surface area contributed by atoms with Crippen molar-refractivity contribution in [3.05, 3.63) is 30.1 Å². The average molecular weight is 273 g/mol. The summed E-state index contributed by atoms with van der Waals surface area (Å²) in [6.07, 6.45) is 3.87. The number of imidazole rings is 1. The molecule has 0 spiro atoms. The van der Waals surface area contributed by atoms with E-state index in [1.807, 2.05) is 6.07 Å². The van der Waals surface area contributed by atoms with Gasteiger partial charge >= 0.3 is 0 Å². The summed E-state index contributed by atoms with van der Waals surface area (Å²) in [5.41, 5.74) is 2.29. The molecule has 0 amide bonds. The minimum atomic E-state index is -0.0896. The Labute approximate surface area is 119 Å². The summed E-state index contributed by atoms with van der Waals surface area (Å²) in [5.74, 6) is 1.11. The number of fused-ring (bicyclic) bond motifs is 1. The fourth-order valence-electron chi connectivity index (χ4n) is 3.13. The first-order chi connectivity index (χ1) is 9.78. The van der Waals surface area contributed by atoms with Crippen molar-refractivity contribution >= 4 is 11.0 Å². The Morgan fingerprint density at radius 2 is 2.00 bits per heavy atom. The first-order valence-corrected chi connectivity index (χ1v) is 7.63. The van der Waals surface area contributed by atoms with E-state index in [-0.39, 0.29) is 6.10 Å². The number of nitrogens with one attached hydrogen (secondary N) is 1. The van der Waals surface area contributed by atoms with Crippen LogP contribution < -0.4 is 5.32 Å². The molecular formula is C16H23N3O. The highest BCUT2D eigenvalue weighted by molar-refractivity contribution is 5.75. The fraction of sp³-hybridized carbons (Fsp3) is 0.562. The molecule has 1 fully saturated rings. The first kappa shape index (κ1) is 13.6. The molecule has 1 saturated carbocycles. The molecule has 1 aliphatic carbocycles. The van der Waals surface area contributed by atoms with Gasteiger partial charge in [0.25, 0.3) is 0 Å². The molecule has 0 radical (unpaired) electrons. The Hall–Kier alpha value is -1.39. The number of hydrogen-bond donors (Lipinski definition) is 2. The third-order valence-corrected chi connectivity index (χ3v) is 4.30. The van der Waals surface area contributed by atoms with Gasteiger partial charge in [0.05, 0.1) is 23.7 Å². The Bertz CT molecular complexity index is 570. The molecule has 0 bridgehead atoms. The average Bonchev–Trinajstić information content (AvgIpc) is 2.84. The van der Waals surface area contributed by atoms with Gasteiger partial charge in [-0.1, -0.05) is 12.1 Å². The van der Waals surface area contributed by atoms with E-state index in [1.54, 1.807) is 0 Å². The maximum Gasteiger partial charge on any atom is 0.123 e. The normalized spacial score (nSPS) is 23.3. The van der Waals surface area contributed by atoms with Crippen LogP contribution in [-0.4, -0.2) is 26.8 Å². The molecular weight excluding hydrogens is 250 g/mol. The van der Waals surface area contributed by atoms with Crippen molar-refractivity contribution in [3.63, 3.8) is 0 Å². The number of aryl methyl sites for hydroxylation is 1. The lowest BCUT2D eigenvalue weighted by Crippen LogP contribution is -2.34. The summed E-state index contributed by atoms with van der Waals surface area (Å²) in [6.45, 7) is 3.92. The molecule has 0 saturated heterocycles. The number of hydrogen-bond acceptors (Lipinski definition) is 3. The van der Waals surface area contributed by atoms with Gasteiger partial charge < -0.3 is 15.0 Å². The topological polar surface area (TPSA) is 50.1 Å². The van der Waals surface area contributed by atoms with Gasteiger partial charge in [-0.25, -0.2) is 4.98 Å². The summed E-state index contributed by atoms with van der Waals surface area (Å²) in [7, 11) is 0. The highest BCUT2D eigenvalue weighted by Gasteiger charge is 2.19. The summed E-state index contributed by atoms with van der Waals surface area (Å²) >= 11 is 0. The zero-order valence-corrected chi connectivity index (χ0v) is 12.0. The van der Waals surface area contributed by atoms with Gasteiger partial charge in [-0.05, 0) is 44.7 Å². The molecule has 0 unspecified atom stereocenters. The van der Waals surface area contributed by atoms with Crippen molar-refractivity contribution in [1.82, 2.24) is 14.9 Å². The molecule has 0 atom stereocenters. The number of aliphatic hydroxyl groups is 1. The van der Waals surface area contributed by atoms with Crippen LogP contribution in [-0.2, 0) is 13.1 Å². The largest absolute Gasteiger partial charge is 0.393 e. The third-order valence-electron chi connectivity index (χ3n) is 4.30. The first-order valence-electron chi connectivity index (χ1n) is 7.63. The van der Waals surface area contributed by atoms with Crippen molar-refractivity contribution in [2.45, 2.75) is 57.8 Å². The molecule has 108 valence electrons. The lowest BCUT2D eigenvalue weighted by molar-refractivity contribution is 0.116. The molecule has 4 nitrogen and oxygen atoms in total. The lowest BCUT2D eigenvalue weighted by Gasteiger charge is -2.26. The van der Waals surface area contributed by atoms with Crippen molar-refractivity contribution in [1.29, 1.82) is 0 Å². The zero-order valence-electron chi connectivity index (χ0n) is 12.0. The predicted molar refractivity (Wildman–Crippen MR) is 80.5 cm³/mol. The van der Waals surface area contributed by atoms with E-state index >= 15 is 0 Å². The van der Waals surface area contributed by atoms with Gasteiger partial charge in [0.15, 0.2) is 0 Å². The number of aliphatic hydroxyl groups excluding tert-OH is 1. The molecule has 3 rings (SSSR count). The van der Waals surface area contributed by atoms with Crippen molar-refractivity contribution < 1.29 is 5.11 Å². The minimum Gasteiger partial charge on any atom is -0.393 e. The molecule has 4 heteroatoms. The van der Waals surface area contributed by atoms with Crippen LogP contribution in [0.25, 0.3) is 11.0 Å². The van der Waals surface area contributed by atoms with Crippen molar-refractivity contribution in [3.8, 4) is 0 Å². The van der Waals surface area contributed by atoms with Gasteiger partial charge in [0.2, 0.25) is 0 Å². The summed E-state index contributed by atoms with van der Waals surface area (Å²) in [6, 6.07) is 8.82. The lowest BCUT2D eigenvalue weighted by atomic mass is 9.93. The van der Waals surface area contributed by atoms with Crippen LogP contribution in [0.15, 0.2) is 24.3 Å². The molecule has 20 heavy (non-hydrogen) atoms. The van der Waals surface area contributed by atoms with E-state index in [0.717, 1.165) is 50.1 Å². The van der Waals surface area contributed by atoms with Crippen LogP contribution in [0.3, 0.4) is 0 Å². The van der Waals surface area contributed by atoms with Crippen LogP contribution in [0.5, 0.6) is 0 Å². The maximum atomic E-state index is 9.55. The van der Waals surface area contributed by atoms with Gasteiger partial charge in [-0.15, -0.1) is 0 Å². The van der Waals surface area contributed by atoms with Crippen LogP contribution in [0.1, 0.15) is 38.4 Å². The van der Waals surface area contributed by atoms with Gasteiger partial charge in [0, 0.05) is 12.6 Å². The second kappa shape index (κ2) is 5.94. The standard InChI is InChI=1S/C16H23N3O/c1-2-19-15-6-4-3-5-14(15)18-16(19)11-17-12-7-9-13(20)10-8-12/h3-6,12-13,17,20H,2,7-11H2,1H3. The number of rotatable bonds is 4. The van der Waals surface area contributed by atoms with Crippen LogP contribution in [0, 0.1) is 0 Å². The predicted octanol–water partition coefficient (Wildman–Crippen LogP) is 2.45. The third kappa shape index (κ3) is 2.72. The highest BCUT2D eigenvalue weighted by atomic mass is 16.3. The Morgan fingerprint density at radius 1 is 1.25 bits per heavy atom. The number of nitrogens with zero attached hydrogens (tertiary/aromatic N) is 2. The summed E-state index contributed by atoms with van der Waals surface area (Å²) < 4.78 is 2.28. The van der Waals surface area contributed by atoms with E-state index in [2.05, 4.69) is 35.0 Å². The molecule has 0 aliphatic heterocycles. The zero-order chi connectivity index (χ0) is 13.9. The second-order valence-electron chi connectivity index (χ2n) is 5.65. The van der Waals surface area contributed by atoms with Gasteiger partial charge in [-0.3, -0.25) is 0 Å². The Balaban J connectivity index is 1.71. The Morgan fingerprint density at radius 3 is 2.75 bits per heavy atom. The minimum absolute atomic E-state index is 0.0896. The molecule has 2 aromatic rings. The number of benzene rings is 1. The molecule has 2 N–H and O–H groups in total. The molecule has 1 aromatic heterocycles. The smallest absolute Gasteiger partial charge is 0.123 e. The van der Waals surface area contributed by atoms with Crippen LogP contribution >= 0.6 is 0 Å². The highest BCUT2D eigenvalue weighted by Crippen LogP contribution is 2.20. The SMILES string of the molecule is CCn1c(CNC2CCC(O)CC2)nc2ccccc21. The van der Waals surface area contributed by atoms with Crippen LogP contribution in [0.4, 0.5) is 0 Å². The number of aromatic nitrogens is 2. The summed E-state index contributed by atoms with van der Waals surface area (Å²) in [5, 5.41) is 13.1. The second-order valence-corrected chi connectivity index (χ2v) is 5.65. The van der Waals surface area contributed by atoms with Crippen molar-refractivity contribution in [2.24, 2.45) is 0 Å².